The molecule has 0 atom stereocenters. The molecule has 0 spiro atoms. The van der Waals surface area contributed by atoms with Crippen molar-refractivity contribution in [1.82, 2.24) is 15.1 Å². The van der Waals surface area contributed by atoms with Crippen molar-refractivity contribution < 1.29 is 0 Å². The molecule has 0 fully saturated rings. The van der Waals surface area contributed by atoms with E-state index in [1.807, 2.05) is 41.9 Å². The predicted molar refractivity (Wildman–Crippen MR) is 81.2 cm³/mol. The van der Waals surface area contributed by atoms with Gasteiger partial charge in [-0.05, 0) is 32.0 Å². The summed E-state index contributed by atoms with van der Waals surface area (Å²) in [6.07, 6.45) is 2.25. The van der Waals surface area contributed by atoms with Crippen LogP contribution in [-0.4, -0.2) is 16.3 Å². The molecule has 0 aliphatic heterocycles. The third-order valence-electron chi connectivity index (χ3n) is 3.18. The second-order valence-corrected chi connectivity index (χ2v) is 4.87. The van der Waals surface area contributed by atoms with Gasteiger partial charge in [-0.3, -0.25) is 4.79 Å². The van der Waals surface area contributed by atoms with Crippen LogP contribution in [0.3, 0.4) is 0 Å². The average molecular weight is 271 g/mol. The zero-order chi connectivity index (χ0) is 14.4. The highest BCUT2D eigenvalue weighted by atomic mass is 16.1. The third-order valence-corrected chi connectivity index (χ3v) is 3.18. The highest BCUT2D eigenvalue weighted by molar-refractivity contribution is 5.32. The van der Waals surface area contributed by atoms with E-state index in [4.69, 9.17) is 0 Å². The van der Waals surface area contributed by atoms with Crippen molar-refractivity contribution >= 4 is 0 Å². The number of nitrogens with zero attached hydrogens (tertiary/aromatic N) is 2. The molecule has 20 heavy (non-hydrogen) atoms. The van der Waals surface area contributed by atoms with Crippen LogP contribution in [0.15, 0.2) is 41.2 Å². The van der Waals surface area contributed by atoms with Crippen LogP contribution in [0.2, 0.25) is 0 Å². The molecule has 0 aliphatic carbocycles. The summed E-state index contributed by atoms with van der Waals surface area (Å²) in [4.78, 5) is 12.0. The second kappa shape index (κ2) is 7.01. The summed E-state index contributed by atoms with van der Waals surface area (Å²) in [5, 5.41) is 7.75. The molecule has 1 heterocycles. The highest BCUT2D eigenvalue weighted by Crippen LogP contribution is 2.07. The summed E-state index contributed by atoms with van der Waals surface area (Å²) in [6, 6.07) is 11.5. The fourth-order valence-corrected chi connectivity index (χ4v) is 2.04. The maximum Gasteiger partial charge on any atom is 0.204 e. The Bertz CT molecular complexity index is 605. The van der Waals surface area contributed by atoms with E-state index in [-0.39, 0.29) is 5.43 Å². The van der Waals surface area contributed by atoms with E-state index in [0.29, 0.717) is 12.2 Å². The van der Waals surface area contributed by atoms with Crippen LogP contribution in [0.5, 0.6) is 0 Å². The molecule has 1 N–H and O–H groups in total. The number of aromatic nitrogens is 2. The topological polar surface area (TPSA) is 46.9 Å². The van der Waals surface area contributed by atoms with Crippen LogP contribution in [0.1, 0.15) is 31.2 Å². The van der Waals surface area contributed by atoms with Gasteiger partial charge in [0.15, 0.2) is 0 Å². The number of nitrogens with one attached hydrogen (secondary N) is 1. The number of aryl methyl sites for hydroxylation is 1. The van der Waals surface area contributed by atoms with Gasteiger partial charge in [0.1, 0.15) is 5.69 Å². The van der Waals surface area contributed by atoms with Crippen molar-refractivity contribution in [3.63, 3.8) is 0 Å². The number of benzene rings is 1. The van der Waals surface area contributed by atoms with Gasteiger partial charge in [-0.15, -0.1) is 0 Å². The minimum absolute atomic E-state index is 0.00122. The van der Waals surface area contributed by atoms with Gasteiger partial charge < -0.3 is 5.32 Å². The summed E-state index contributed by atoms with van der Waals surface area (Å²) in [7, 11) is 0. The maximum atomic E-state index is 12.0. The van der Waals surface area contributed by atoms with Gasteiger partial charge in [0.2, 0.25) is 5.43 Å². The van der Waals surface area contributed by atoms with Crippen LogP contribution >= 0.6 is 0 Å². The van der Waals surface area contributed by atoms with E-state index in [1.54, 1.807) is 6.07 Å². The molecule has 0 saturated heterocycles. The smallest absolute Gasteiger partial charge is 0.204 e. The summed E-state index contributed by atoms with van der Waals surface area (Å²) in [6.45, 7) is 5.48. The molecule has 0 radical (unpaired) electrons. The first-order chi connectivity index (χ1) is 9.72. The Morgan fingerprint density at radius 1 is 1.25 bits per heavy atom. The molecule has 1 aromatic heterocycles. The van der Waals surface area contributed by atoms with Crippen molar-refractivity contribution in [3.8, 4) is 5.69 Å². The van der Waals surface area contributed by atoms with E-state index < -0.39 is 0 Å². The fraction of sp³-hybridized carbons (Fsp3) is 0.375. The first kappa shape index (κ1) is 14.5. The Labute approximate surface area is 119 Å². The molecule has 0 amide bonds. The predicted octanol–water partition coefficient (Wildman–Crippen LogP) is 2.43. The Hall–Kier alpha value is -1.94. The first-order valence-electron chi connectivity index (χ1n) is 7.08. The van der Waals surface area contributed by atoms with Crippen LogP contribution < -0.4 is 10.7 Å². The van der Waals surface area contributed by atoms with Gasteiger partial charge in [-0.25, -0.2) is 4.68 Å². The number of hydrogen-bond acceptors (Lipinski definition) is 3. The summed E-state index contributed by atoms with van der Waals surface area (Å²) >= 11 is 0. The highest BCUT2D eigenvalue weighted by Gasteiger charge is 2.06. The number of rotatable bonds is 6. The van der Waals surface area contributed by atoms with E-state index in [2.05, 4.69) is 17.3 Å². The Balaban J connectivity index is 2.24. The lowest BCUT2D eigenvalue weighted by atomic mass is 10.2. The van der Waals surface area contributed by atoms with Gasteiger partial charge in [-0.1, -0.05) is 31.5 Å². The summed E-state index contributed by atoms with van der Waals surface area (Å²) < 4.78 is 1.82. The van der Waals surface area contributed by atoms with E-state index in [9.17, 15) is 4.79 Å². The molecule has 4 heteroatoms. The van der Waals surface area contributed by atoms with Gasteiger partial charge in [0, 0.05) is 18.3 Å². The van der Waals surface area contributed by atoms with Crippen molar-refractivity contribution in [3.05, 3.63) is 58.0 Å². The molecule has 4 nitrogen and oxygen atoms in total. The molecule has 2 rings (SSSR count). The number of hydrogen-bond donors (Lipinski definition) is 1. The van der Waals surface area contributed by atoms with E-state index in [0.717, 1.165) is 30.8 Å². The van der Waals surface area contributed by atoms with Gasteiger partial charge in [0.05, 0.1) is 5.69 Å². The van der Waals surface area contributed by atoms with Crippen LogP contribution in [0.4, 0.5) is 0 Å². The van der Waals surface area contributed by atoms with Crippen molar-refractivity contribution in [2.45, 2.75) is 33.2 Å². The fourth-order valence-electron chi connectivity index (χ4n) is 2.04. The van der Waals surface area contributed by atoms with E-state index >= 15 is 0 Å². The monoisotopic (exact) mass is 271 g/mol. The maximum absolute atomic E-state index is 12.0. The third kappa shape index (κ3) is 3.54. The van der Waals surface area contributed by atoms with Crippen molar-refractivity contribution in [1.29, 1.82) is 0 Å². The second-order valence-electron chi connectivity index (χ2n) is 4.87. The first-order valence-corrected chi connectivity index (χ1v) is 7.08. The largest absolute Gasteiger partial charge is 0.311 e. The zero-order valence-electron chi connectivity index (χ0n) is 12.1. The molecule has 1 aromatic carbocycles. The van der Waals surface area contributed by atoms with Gasteiger partial charge in [-0.2, -0.15) is 5.10 Å². The molecule has 0 unspecified atom stereocenters. The Morgan fingerprint density at radius 2 is 2.00 bits per heavy atom. The standard InChI is InChI=1S/C16H21N3O/c1-3-4-10-17-12-15-16(20)11-13(2)19(18-15)14-8-6-5-7-9-14/h5-9,11,17H,3-4,10,12H2,1-2H3. The van der Waals surface area contributed by atoms with Crippen LogP contribution in [-0.2, 0) is 6.54 Å². The molecule has 2 aromatic rings. The van der Waals surface area contributed by atoms with Crippen molar-refractivity contribution in [2.75, 3.05) is 6.54 Å². The quantitative estimate of drug-likeness (QED) is 0.821. The lowest BCUT2D eigenvalue weighted by molar-refractivity contribution is 0.615. The zero-order valence-corrected chi connectivity index (χ0v) is 12.1. The summed E-state index contributed by atoms with van der Waals surface area (Å²) in [5.41, 5.74) is 2.38. The normalized spacial score (nSPS) is 10.7. The van der Waals surface area contributed by atoms with Gasteiger partial charge >= 0.3 is 0 Å². The lowest BCUT2D eigenvalue weighted by Gasteiger charge is -2.11. The minimum Gasteiger partial charge on any atom is -0.311 e. The molecule has 0 saturated carbocycles. The van der Waals surface area contributed by atoms with Crippen LogP contribution in [0, 0.1) is 6.92 Å². The molecular weight excluding hydrogens is 250 g/mol. The number of unbranched alkanes of at least 4 members (excludes halogenated alkanes) is 1. The molecular formula is C16H21N3O. The molecule has 0 bridgehead atoms. The summed E-state index contributed by atoms with van der Waals surface area (Å²) in [5.74, 6) is 0. The van der Waals surface area contributed by atoms with E-state index in [1.165, 1.54) is 0 Å². The lowest BCUT2D eigenvalue weighted by Crippen LogP contribution is -2.25. The Kier molecular flexibility index (Phi) is 5.07. The molecule has 0 aliphatic rings. The Morgan fingerprint density at radius 3 is 2.70 bits per heavy atom. The van der Waals surface area contributed by atoms with Gasteiger partial charge in [0.25, 0.3) is 0 Å². The number of para-hydroxylation sites is 1. The minimum atomic E-state index is -0.00122. The van der Waals surface area contributed by atoms with Crippen molar-refractivity contribution in [2.24, 2.45) is 0 Å². The van der Waals surface area contributed by atoms with Crippen LogP contribution in [0.25, 0.3) is 5.69 Å². The SMILES string of the molecule is CCCCNCc1nn(-c2ccccc2)c(C)cc1=O. The molecule has 106 valence electrons. The average Bonchev–Trinajstić information content (AvgIpc) is 2.46.